The third kappa shape index (κ3) is 4.72. The Balaban J connectivity index is 2.51. The summed E-state index contributed by atoms with van der Waals surface area (Å²) in [6.07, 6.45) is -1.14. The van der Waals surface area contributed by atoms with Gasteiger partial charge in [-0.2, -0.15) is 0 Å². The van der Waals surface area contributed by atoms with E-state index in [1.54, 1.807) is 0 Å². The van der Waals surface area contributed by atoms with E-state index in [0.29, 0.717) is 0 Å². The monoisotopic (exact) mass is 290 g/mol. The van der Waals surface area contributed by atoms with Crippen LogP contribution in [0.1, 0.15) is 0 Å². The van der Waals surface area contributed by atoms with Gasteiger partial charge in [0.15, 0.2) is 6.10 Å². The zero-order valence-electron chi connectivity index (χ0n) is 9.94. The first-order valence-corrected chi connectivity index (χ1v) is 5.57. The summed E-state index contributed by atoms with van der Waals surface area (Å²) in [6.45, 7) is -0.202. The van der Waals surface area contributed by atoms with Crippen molar-refractivity contribution in [2.24, 2.45) is 0 Å². The first-order valence-electron chi connectivity index (χ1n) is 5.19. The van der Waals surface area contributed by atoms with Crippen LogP contribution in [0.15, 0.2) is 18.2 Å². The molecule has 0 aromatic heterocycles. The number of carbonyl (C=O) groups excluding carboxylic acids is 1. The zero-order chi connectivity index (χ0) is 14.4. The fourth-order valence-electron chi connectivity index (χ4n) is 1.21. The summed E-state index contributed by atoms with van der Waals surface area (Å²) in [7, 11) is 1.22. The number of carboxylic acid groups (broad SMARTS) is 1. The summed E-state index contributed by atoms with van der Waals surface area (Å²) >= 11 is 5.54. The Morgan fingerprint density at radius 1 is 1.53 bits per heavy atom. The second-order valence-corrected chi connectivity index (χ2v) is 3.93. The number of anilines is 1. The van der Waals surface area contributed by atoms with E-state index in [0.717, 1.165) is 6.07 Å². The first-order chi connectivity index (χ1) is 8.93. The molecule has 0 spiro atoms. The molecule has 0 saturated heterocycles. The Kier molecular flexibility index (Phi) is 5.53. The predicted octanol–water partition coefficient (Wildman–Crippen LogP) is 1.70. The molecule has 0 heterocycles. The SMILES string of the molecule is COC(CNC(=O)Nc1ccc(F)c(Cl)c1)C(=O)O. The third-order valence-corrected chi connectivity index (χ3v) is 2.48. The molecule has 1 unspecified atom stereocenters. The highest BCUT2D eigenvalue weighted by Gasteiger charge is 2.17. The van der Waals surface area contributed by atoms with Crippen molar-refractivity contribution in [1.29, 1.82) is 0 Å². The number of hydrogen-bond acceptors (Lipinski definition) is 3. The maximum absolute atomic E-state index is 12.9. The molecule has 1 aromatic carbocycles. The largest absolute Gasteiger partial charge is 0.479 e. The summed E-state index contributed by atoms with van der Waals surface area (Å²) in [4.78, 5) is 22.1. The van der Waals surface area contributed by atoms with Crippen LogP contribution in [0.4, 0.5) is 14.9 Å². The fourth-order valence-corrected chi connectivity index (χ4v) is 1.39. The van der Waals surface area contributed by atoms with Crippen LogP contribution in [-0.2, 0) is 9.53 Å². The molecule has 0 aliphatic carbocycles. The van der Waals surface area contributed by atoms with Crippen LogP contribution in [0.5, 0.6) is 0 Å². The van der Waals surface area contributed by atoms with Crippen LogP contribution in [0.3, 0.4) is 0 Å². The number of halogens is 2. The van der Waals surface area contributed by atoms with Crippen LogP contribution >= 0.6 is 11.6 Å². The molecule has 1 atom stereocenters. The smallest absolute Gasteiger partial charge is 0.334 e. The molecule has 8 heteroatoms. The number of urea groups is 1. The molecule has 2 amide bonds. The molecule has 1 aromatic rings. The van der Waals surface area contributed by atoms with Gasteiger partial charge in [-0.05, 0) is 18.2 Å². The maximum Gasteiger partial charge on any atom is 0.334 e. The average Bonchev–Trinajstić information content (AvgIpc) is 2.34. The Hall–Kier alpha value is -1.86. The van der Waals surface area contributed by atoms with E-state index < -0.39 is 23.9 Å². The molecule has 6 nitrogen and oxygen atoms in total. The Bertz CT molecular complexity index is 484. The average molecular weight is 291 g/mol. The molecule has 0 aliphatic rings. The number of methoxy groups -OCH3 is 1. The van der Waals surface area contributed by atoms with Crippen LogP contribution in [-0.4, -0.2) is 36.9 Å². The standard InChI is InChI=1S/C11H12ClFN2O4/c1-19-9(10(16)17)5-14-11(18)15-6-2-3-8(13)7(12)4-6/h2-4,9H,5H2,1H3,(H,16,17)(H2,14,15,18). The van der Waals surface area contributed by atoms with Crippen molar-refractivity contribution < 1.29 is 23.8 Å². The van der Waals surface area contributed by atoms with Gasteiger partial charge in [0.1, 0.15) is 5.82 Å². The molecular weight excluding hydrogens is 279 g/mol. The van der Waals surface area contributed by atoms with Crippen molar-refractivity contribution in [3.8, 4) is 0 Å². The summed E-state index contributed by atoms with van der Waals surface area (Å²) in [5.74, 6) is -1.79. The first kappa shape index (κ1) is 15.2. The van der Waals surface area contributed by atoms with Crippen LogP contribution in [0.25, 0.3) is 0 Å². The predicted molar refractivity (Wildman–Crippen MR) is 66.9 cm³/mol. The van der Waals surface area contributed by atoms with Crippen LogP contribution < -0.4 is 10.6 Å². The van der Waals surface area contributed by atoms with E-state index in [1.807, 2.05) is 0 Å². The van der Waals surface area contributed by atoms with Gasteiger partial charge in [0, 0.05) is 12.8 Å². The fraction of sp³-hybridized carbons (Fsp3) is 0.273. The maximum atomic E-state index is 12.9. The molecule has 104 valence electrons. The lowest BCUT2D eigenvalue weighted by atomic mass is 10.3. The van der Waals surface area contributed by atoms with Crippen molar-refractivity contribution >= 4 is 29.3 Å². The highest BCUT2D eigenvalue weighted by atomic mass is 35.5. The second-order valence-electron chi connectivity index (χ2n) is 3.53. The van der Waals surface area contributed by atoms with Crippen molar-refractivity contribution in [2.45, 2.75) is 6.10 Å². The van der Waals surface area contributed by atoms with Gasteiger partial charge in [-0.1, -0.05) is 11.6 Å². The zero-order valence-corrected chi connectivity index (χ0v) is 10.7. The normalized spacial score (nSPS) is 11.7. The number of carboxylic acids is 1. The highest BCUT2D eigenvalue weighted by Crippen LogP contribution is 2.19. The third-order valence-electron chi connectivity index (χ3n) is 2.19. The molecule has 3 N–H and O–H groups in total. The van der Waals surface area contributed by atoms with Crippen molar-refractivity contribution in [3.05, 3.63) is 29.0 Å². The van der Waals surface area contributed by atoms with Gasteiger partial charge in [-0.15, -0.1) is 0 Å². The number of hydrogen-bond donors (Lipinski definition) is 3. The topological polar surface area (TPSA) is 87.7 Å². The van der Waals surface area contributed by atoms with E-state index in [2.05, 4.69) is 15.4 Å². The molecule has 0 radical (unpaired) electrons. The molecule has 1 rings (SSSR count). The molecule has 0 bridgehead atoms. The van der Waals surface area contributed by atoms with Gasteiger partial charge in [0.05, 0.1) is 11.6 Å². The van der Waals surface area contributed by atoms with Crippen molar-refractivity contribution in [3.63, 3.8) is 0 Å². The number of amides is 2. The lowest BCUT2D eigenvalue weighted by Gasteiger charge is -2.12. The number of rotatable bonds is 5. The number of aliphatic carboxylic acids is 1. The summed E-state index contributed by atoms with van der Waals surface area (Å²) in [6, 6.07) is 3.02. The number of benzene rings is 1. The number of nitrogens with one attached hydrogen (secondary N) is 2. The van der Waals surface area contributed by atoms with E-state index >= 15 is 0 Å². The van der Waals surface area contributed by atoms with E-state index in [1.165, 1.54) is 19.2 Å². The van der Waals surface area contributed by atoms with Gasteiger partial charge in [0.2, 0.25) is 0 Å². The summed E-state index contributed by atoms with van der Waals surface area (Å²) in [5, 5.41) is 13.2. The number of carbonyl (C=O) groups is 2. The minimum atomic E-state index is -1.19. The lowest BCUT2D eigenvalue weighted by molar-refractivity contribution is -0.147. The second kappa shape index (κ2) is 6.91. The van der Waals surface area contributed by atoms with Crippen molar-refractivity contribution in [1.82, 2.24) is 5.32 Å². The Morgan fingerprint density at radius 3 is 2.74 bits per heavy atom. The Labute approximate surface area is 113 Å². The lowest BCUT2D eigenvalue weighted by Crippen LogP contribution is -2.39. The minimum absolute atomic E-state index is 0.127. The number of ether oxygens (including phenoxy) is 1. The molecule has 19 heavy (non-hydrogen) atoms. The highest BCUT2D eigenvalue weighted by molar-refractivity contribution is 6.31. The van der Waals surface area contributed by atoms with Crippen LogP contribution in [0.2, 0.25) is 5.02 Å². The van der Waals surface area contributed by atoms with E-state index in [9.17, 15) is 14.0 Å². The molecular formula is C11H12ClFN2O4. The van der Waals surface area contributed by atoms with Gasteiger partial charge >= 0.3 is 12.0 Å². The van der Waals surface area contributed by atoms with Crippen LogP contribution in [0, 0.1) is 5.82 Å². The van der Waals surface area contributed by atoms with Crippen molar-refractivity contribution in [2.75, 3.05) is 19.0 Å². The Morgan fingerprint density at radius 2 is 2.21 bits per heavy atom. The van der Waals surface area contributed by atoms with E-state index in [-0.39, 0.29) is 17.3 Å². The van der Waals surface area contributed by atoms with Gasteiger partial charge in [0.25, 0.3) is 0 Å². The summed E-state index contributed by atoms with van der Waals surface area (Å²) in [5.41, 5.74) is 0.285. The minimum Gasteiger partial charge on any atom is -0.479 e. The quantitative estimate of drug-likeness (QED) is 0.770. The van der Waals surface area contributed by atoms with Gasteiger partial charge in [-0.3, -0.25) is 0 Å². The van der Waals surface area contributed by atoms with E-state index in [4.69, 9.17) is 16.7 Å². The molecule has 0 fully saturated rings. The van der Waals surface area contributed by atoms with Gasteiger partial charge < -0.3 is 20.5 Å². The molecule has 0 saturated carbocycles. The summed E-state index contributed by atoms with van der Waals surface area (Å²) < 4.78 is 17.5. The van der Waals surface area contributed by atoms with Gasteiger partial charge in [-0.25, -0.2) is 14.0 Å². The molecule has 0 aliphatic heterocycles.